The van der Waals surface area contributed by atoms with Gasteiger partial charge in [-0.15, -0.1) is 11.6 Å². The van der Waals surface area contributed by atoms with Crippen LogP contribution in [0.3, 0.4) is 0 Å². The van der Waals surface area contributed by atoms with Crippen molar-refractivity contribution in [2.45, 2.75) is 33.6 Å². The summed E-state index contributed by atoms with van der Waals surface area (Å²) >= 11 is 5.88. The van der Waals surface area contributed by atoms with Gasteiger partial charge in [-0.2, -0.15) is 0 Å². The molecule has 0 N–H and O–H groups in total. The maximum atomic E-state index is 5.88. The predicted molar refractivity (Wildman–Crippen MR) is 55.5 cm³/mol. The molecule has 0 fully saturated rings. The zero-order chi connectivity index (χ0) is 9.14. The fourth-order valence-electron chi connectivity index (χ4n) is 1.85. The molecule has 0 aromatic heterocycles. The summed E-state index contributed by atoms with van der Waals surface area (Å²) < 4.78 is 0. The summed E-state index contributed by atoms with van der Waals surface area (Å²) in [6.45, 7) is 6.87. The van der Waals surface area contributed by atoms with Crippen LogP contribution < -0.4 is 0 Å². The normalized spacial score (nSPS) is 30.6. The van der Waals surface area contributed by atoms with Gasteiger partial charge in [0.1, 0.15) is 0 Å². The van der Waals surface area contributed by atoms with Crippen molar-refractivity contribution in [2.24, 2.45) is 17.8 Å². The Hall–Kier alpha value is 0.0300. The Bertz CT molecular complexity index is 170. The third-order valence-corrected chi connectivity index (χ3v) is 3.31. The van der Waals surface area contributed by atoms with Gasteiger partial charge in [0.2, 0.25) is 0 Å². The SMILES string of the molecule is CC(C)C1C=C(CCl)[C@H](C)CC1. The molecule has 0 radical (unpaired) electrons. The van der Waals surface area contributed by atoms with Gasteiger partial charge in [-0.1, -0.05) is 32.4 Å². The number of allylic oxidation sites excluding steroid dienone is 2. The van der Waals surface area contributed by atoms with Gasteiger partial charge in [-0.05, 0) is 30.6 Å². The first kappa shape index (κ1) is 10.1. The number of halogens is 1. The summed E-state index contributed by atoms with van der Waals surface area (Å²) in [6.07, 6.45) is 5.08. The summed E-state index contributed by atoms with van der Waals surface area (Å²) in [5.74, 6) is 2.99. The molecule has 1 heteroatoms. The van der Waals surface area contributed by atoms with Crippen molar-refractivity contribution in [3.8, 4) is 0 Å². The molecule has 0 aliphatic heterocycles. The van der Waals surface area contributed by atoms with Crippen LogP contribution in [0, 0.1) is 17.8 Å². The maximum absolute atomic E-state index is 5.88. The average Bonchev–Trinajstić information content (AvgIpc) is 2.05. The van der Waals surface area contributed by atoms with E-state index in [1.165, 1.54) is 18.4 Å². The first-order valence-electron chi connectivity index (χ1n) is 4.91. The van der Waals surface area contributed by atoms with Gasteiger partial charge in [0.25, 0.3) is 0 Å². The minimum absolute atomic E-state index is 0.720. The Morgan fingerprint density at radius 2 is 2.17 bits per heavy atom. The monoisotopic (exact) mass is 186 g/mol. The van der Waals surface area contributed by atoms with E-state index in [0.29, 0.717) is 0 Å². The first-order chi connectivity index (χ1) is 5.65. The van der Waals surface area contributed by atoms with Crippen LogP contribution in [0.25, 0.3) is 0 Å². The molecule has 0 nitrogen and oxygen atoms in total. The molecule has 0 amide bonds. The number of hydrogen-bond acceptors (Lipinski definition) is 0. The second-order valence-electron chi connectivity index (χ2n) is 4.26. The van der Waals surface area contributed by atoms with Crippen molar-refractivity contribution in [2.75, 3.05) is 5.88 Å². The van der Waals surface area contributed by atoms with E-state index in [4.69, 9.17) is 11.6 Å². The number of alkyl halides is 1. The van der Waals surface area contributed by atoms with Gasteiger partial charge in [0.05, 0.1) is 0 Å². The highest BCUT2D eigenvalue weighted by molar-refractivity contribution is 6.19. The van der Waals surface area contributed by atoms with Crippen LogP contribution in [0.4, 0.5) is 0 Å². The van der Waals surface area contributed by atoms with Crippen molar-refractivity contribution in [3.63, 3.8) is 0 Å². The summed E-state index contributed by atoms with van der Waals surface area (Å²) in [5, 5.41) is 0. The number of hydrogen-bond donors (Lipinski definition) is 0. The Labute approximate surface area is 81.0 Å². The van der Waals surface area contributed by atoms with Crippen LogP contribution in [0.1, 0.15) is 33.6 Å². The number of rotatable bonds is 2. The lowest BCUT2D eigenvalue weighted by Crippen LogP contribution is -2.16. The second-order valence-corrected chi connectivity index (χ2v) is 4.53. The zero-order valence-electron chi connectivity index (χ0n) is 8.31. The molecular weight excluding hydrogens is 168 g/mol. The summed E-state index contributed by atoms with van der Waals surface area (Å²) in [7, 11) is 0. The van der Waals surface area contributed by atoms with Gasteiger partial charge in [0, 0.05) is 5.88 Å². The van der Waals surface area contributed by atoms with Crippen LogP contribution >= 0.6 is 11.6 Å². The topological polar surface area (TPSA) is 0 Å². The van der Waals surface area contributed by atoms with Crippen molar-refractivity contribution >= 4 is 11.6 Å². The summed E-state index contributed by atoms with van der Waals surface area (Å²) in [6, 6.07) is 0. The van der Waals surface area contributed by atoms with Gasteiger partial charge >= 0.3 is 0 Å². The molecule has 12 heavy (non-hydrogen) atoms. The molecule has 0 heterocycles. The molecule has 0 aromatic carbocycles. The minimum Gasteiger partial charge on any atom is -0.122 e. The molecule has 2 atom stereocenters. The molecular formula is C11H19Cl. The molecule has 0 spiro atoms. The second kappa shape index (κ2) is 4.32. The molecule has 0 bridgehead atoms. The average molecular weight is 187 g/mol. The van der Waals surface area contributed by atoms with E-state index in [2.05, 4.69) is 26.8 Å². The molecule has 1 aliphatic rings. The molecule has 1 rings (SSSR count). The van der Waals surface area contributed by atoms with E-state index in [9.17, 15) is 0 Å². The third-order valence-electron chi connectivity index (χ3n) is 3.00. The molecule has 0 saturated heterocycles. The van der Waals surface area contributed by atoms with Gasteiger partial charge in [-0.25, -0.2) is 0 Å². The Balaban J connectivity index is 2.66. The lowest BCUT2D eigenvalue weighted by molar-refractivity contribution is 0.373. The van der Waals surface area contributed by atoms with E-state index in [1.54, 1.807) is 0 Å². The van der Waals surface area contributed by atoms with Gasteiger partial charge in [-0.3, -0.25) is 0 Å². The smallest absolute Gasteiger partial charge is 0.0436 e. The van der Waals surface area contributed by atoms with Crippen LogP contribution in [0.2, 0.25) is 0 Å². The van der Waals surface area contributed by atoms with Crippen LogP contribution in [0.5, 0.6) is 0 Å². The lowest BCUT2D eigenvalue weighted by atomic mass is 9.79. The fourth-order valence-corrected chi connectivity index (χ4v) is 2.20. The molecule has 1 aliphatic carbocycles. The predicted octanol–water partition coefficient (Wildman–Crippen LogP) is 3.85. The zero-order valence-corrected chi connectivity index (χ0v) is 9.06. The van der Waals surface area contributed by atoms with E-state index >= 15 is 0 Å². The summed E-state index contributed by atoms with van der Waals surface area (Å²) in [4.78, 5) is 0. The highest BCUT2D eigenvalue weighted by Crippen LogP contribution is 2.32. The van der Waals surface area contributed by atoms with Crippen LogP contribution in [0.15, 0.2) is 11.6 Å². The quantitative estimate of drug-likeness (QED) is 0.454. The largest absolute Gasteiger partial charge is 0.122 e. The highest BCUT2D eigenvalue weighted by Gasteiger charge is 2.20. The van der Waals surface area contributed by atoms with E-state index in [-0.39, 0.29) is 0 Å². The minimum atomic E-state index is 0.720. The van der Waals surface area contributed by atoms with Crippen LogP contribution in [-0.2, 0) is 0 Å². The van der Waals surface area contributed by atoms with Crippen molar-refractivity contribution < 1.29 is 0 Å². The standard InChI is InChI=1S/C11H19Cl/c1-8(2)10-5-4-9(3)11(6-10)7-12/h6,8-10H,4-5,7H2,1-3H3/t9-,10?/m1/s1. The maximum Gasteiger partial charge on any atom is 0.0436 e. The molecule has 70 valence electrons. The Morgan fingerprint density at radius 3 is 2.67 bits per heavy atom. The van der Waals surface area contributed by atoms with Gasteiger partial charge in [0.15, 0.2) is 0 Å². The fraction of sp³-hybridized carbons (Fsp3) is 0.818. The van der Waals surface area contributed by atoms with E-state index in [1.807, 2.05) is 0 Å². The van der Waals surface area contributed by atoms with Crippen molar-refractivity contribution in [1.82, 2.24) is 0 Å². The third kappa shape index (κ3) is 2.26. The van der Waals surface area contributed by atoms with Crippen molar-refractivity contribution in [3.05, 3.63) is 11.6 Å². The highest BCUT2D eigenvalue weighted by atomic mass is 35.5. The molecule has 0 aromatic rings. The summed E-state index contributed by atoms with van der Waals surface area (Å²) in [5.41, 5.74) is 1.46. The lowest BCUT2D eigenvalue weighted by Gasteiger charge is -2.27. The van der Waals surface area contributed by atoms with Gasteiger partial charge < -0.3 is 0 Å². The van der Waals surface area contributed by atoms with E-state index < -0.39 is 0 Å². The molecule has 1 unspecified atom stereocenters. The van der Waals surface area contributed by atoms with Crippen molar-refractivity contribution in [1.29, 1.82) is 0 Å². The Kier molecular flexibility index (Phi) is 3.64. The van der Waals surface area contributed by atoms with E-state index in [0.717, 1.165) is 23.6 Å². The first-order valence-corrected chi connectivity index (χ1v) is 5.45. The van der Waals surface area contributed by atoms with Crippen LogP contribution in [-0.4, -0.2) is 5.88 Å². The molecule has 0 saturated carbocycles. The Morgan fingerprint density at radius 1 is 1.50 bits per heavy atom.